The third-order valence-electron chi connectivity index (χ3n) is 4.20. The smallest absolute Gasteiger partial charge is 0.255 e. The van der Waals surface area contributed by atoms with E-state index in [0.717, 1.165) is 5.56 Å². The fourth-order valence-electron chi connectivity index (χ4n) is 2.84. The number of fused-ring (bicyclic) bond motifs is 1. The molecule has 28 heavy (non-hydrogen) atoms. The maximum absolute atomic E-state index is 13.9. The third-order valence-corrected chi connectivity index (χ3v) is 4.20. The number of carbonyl (C=O) groups is 1. The van der Waals surface area contributed by atoms with Crippen LogP contribution in [0.15, 0.2) is 73.3 Å². The van der Waals surface area contributed by atoms with Gasteiger partial charge in [-0.2, -0.15) is 0 Å². The van der Waals surface area contributed by atoms with Crippen molar-refractivity contribution in [2.45, 2.75) is 6.54 Å². The van der Waals surface area contributed by atoms with Crippen LogP contribution in [0.4, 0.5) is 15.9 Å². The predicted octanol–water partition coefficient (Wildman–Crippen LogP) is 4.03. The standard InChI is InChI=1S/C21H16FN5O/c22-18-6-2-5-17-19(18)25-13-26-20(17)24-12-14-3-1-4-16(11-14)27-21(28)15-7-9-23-10-8-15/h1-11,13H,12H2,(H,27,28)(H,24,25,26). The Morgan fingerprint density at radius 2 is 1.82 bits per heavy atom. The van der Waals surface area contributed by atoms with Crippen LogP contribution in [0, 0.1) is 5.82 Å². The molecule has 4 aromatic rings. The first-order valence-electron chi connectivity index (χ1n) is 8.64. The maximum atomic E-state index is 13.9. The molecule has 0 spiro atoms. The molecule has 1 amide bonds. The molecule has 0 radical (unpaired) electrons. The van der Waals surface area contributed by atoms with E-state index in [1.165, 1.54) is 12.4 Å². The molecule has 138 valence electrons. The number of benzene rings is 2. The molecule has 6 nitrogen and oxygen atoms in total. The van der Waals surface area contributed by atoms with E-state index in [0.29, 0.717) is 29.0 Å². The number of nitrogens with one attached hydrogen (secondary N) is 2. The number of anilines is 2. The monoisotopic (exact) mass is 373 g/mol. The highest BCUT2D eigenvalue weighted by molar-refractivity contribution is 6.04. The second-order valence-electron chi connectivity index (χ2n) is 6.10. The van der Waals surface area contributed by atoms with Gasteiger partial charge in [0.15, 0.2) is 0 Å². The van der Waals surface area contributed by atoms with E-state index >= 15 is 0 Å². The minimum Gasteiger partial charge on any atom is -0.365 e. The Morgan fingerprint density at radius 3 is 2.68 bits per heavy atom. The van der Waals surface area contributed by atoms with Crippen molar-refractivity contribution < 1.29 is 9.18 Å². The zero-order valence-electron chi connectivity index (χ0n) is 14.8. The molecule has 2 heterocycles. The average molecular weight is 373 g/mol. The van der Waals surface area contributed by atoms with Crippen molar-refractivity contribution in [1.29, 1.82) is 0 Å². The van der Waals surface area contributed by atoms with Crippen molar-refractivity contribution in [2.75, 3.05) is 10.6 Å². The molecule has 2 N–H and O–H groups in total. The van der Waals surface area contributed by atoms with Gasteiger partial charge in [0.2, 0.25) is 0 Å². The number of hydrogen-bond acceptors (Lipinski definition) is 5. The van der Waals surface area contributed by atoms with Crippen molar-refractivity contribution in [1.82, 2.24) is 15.0 Å². The highest BCUT2D eigenvalue weighted by Gasteiger charge is 2.08. The summed E-state index contributed by atoms with van der Waals surface area (Å²) >= 11 is 0. The summed E-state index contributed by atoms with van der Waals surface area (Å²) in [5, 5.41) is 6.68. The van der Waals surface area contributed by atoms with E-state index in [1.54, 1.807) is 36.7 Å². The first-order valence-corrected chi connectivity index (χ1v) is 8.64. The summed E-state index contributed by atoms with van der Waals surface area (Å²) in [6.07, 6.45) is 4.48. The molecule has 0 saturated carbocycles. The van der Waals surface area contributed by atoms with Crippen molar-refractivity contribution >= 4 is 28.3 Å². The molecule has 0 unspecified atom stereocenters. The van der Waals surface area contributed by atoms with E-state index in [9.17, 15) is 9.18 Å². The predicted molar refractivity (Wildman–Crippen MR) is 105 cm³/mol. The minimum absolute atomic E-state index is 0.204. The number of hydrogen-bond donors (Lipinski definition) is 2. The summed E-state index contributed by atoms with van der Waals surface area (Å²) in [7, 11) is 0. The van der Waals surface area contributed by atoms with Crippen molar-refractivity contribution in [2.24, 2.45) is 0 Å². The minimum atomic E-state index is -0.385. The Bertz CT molecular complexity index is 1130. The number of amides is 1. The topological polar surface area (TPSA) is 79.8 Å². The summed E-state index contributed by atoms with van der Waals surface area (Å²) < 4.78 is 13.9. The second-order valence-corrected chi connectivity index (χ2v) is 6.10. The van der Waals surface area contributed by atoms with Crippen LogP contribution in [0.3, 0.4) is 0 Å². The van der Waals surface area contributed by atoms with Crippen molar-refractivity contribution in [3.05, 3.63) is 90.3 Å². The van der Waals surface area contributed by atoms with Gasteiger partial charge in [-0.15, -0.1) is 0 Å². The van der Waals surface area contributed by atoms with Crippen LogP contribution in [-0.4, -0.2) is 20.9 Å². The second kappa shape index (κ2) is 7.79. The number of rotatable bonds is 5. The SMILES string of the molecule is O=C(Nc1cccc(CNc2ncnc3c(F)cccc23)c1)c1ccncc1. The Hall–Kier alpha value is -3.87. The van der Waals surface area contributed by atoms with Gasteiger partial charge in [0.25, 0.3) is 5.91 Å². The number of aromatic nitrogens is 3. The van der Waals surface area contributed by atoms with Crippen LogP contribution in [-0.2, 0) is 6.54 Å². The van der Waals surface area contributed by atoms with E-state index in [-0.39, 0.29) is 17.2 Å². The molecule has 7 heteroatoms. The zero-order valence-corrected chi connectivity index (χ0v) is 14.8. The lowest BCUT2D eigenvalue weighted by Gasteiger charge is -2.10. The lowest BCUT2D eigenvalue weighted by Crippen LogP contribution is -2.12. The molecular weight excluding hydrogens is 357 g/mol. The molecule has 2 aromatic heterocycles. The molecule has 0 aliphatic carbocycles. The molecule has 0 atom stereocenters. The molecule has 0 bridgehead atoms. The van der Waals surface area contributed by atoms with E-state index in [4.69, 9.17) is 0 Å². The number of nitrogens with zero attached hydrogens (tertiary/aromatic N) is 3. The van der Waals surface area contributed by atoms with E-state index in [2.05, 4.69) is 25.6 Å². The van der Waals surface area contributed by atoms with Gasteiger partial charge in [0, 0.05) is 35.6 Å². The highest BCUT2D eigenvalue weighted by atomic mass is 19.1. The molecule has 4 rings (SSSR count). The van der Waals surface area contributed by atoms with Gasteiger partial charge in [-0.3, -0.25) is 9.78 Å². The normalized spacial score (nSPS) is 10.6. The van der Waals surface area contributed by atoms with Gasteiger partial charge >= 0.3 is 0 Å². The number of pyridine rings is 1. The van der Waals surface area contributed by atoms with Crippen LogP contribution in [0.5, 0.6) is 0 Å². The number of carbonyl (C=O) groups excluding carboxylic acids is 1. The average Bonchev–Trinajstić information content (AvgIpc) is 2.73. The molecule has 0 saturated heterocycles. The van der Waals surface area contributed by atoms with Gasteiger partial charge in [-0.25, -0.2) is 14.4 Å². The maximum Gasteiger partial charge on any atom is 0.255 e. The van der Waals surface area contributed by atoms with Crippen molar-refractivity contribution in [3.63, 3.8) is 0 Å². The Kier molecular flexibility index (Phi) is 4.88. The molecule has 0 aliphatic rings. The first kappa shape index (κ1) is 17.5. The quantitative estimate of drug-likeness (QED) is 0.552. The fraction of sp³-hybridized carbons (Fsp3) is 0.0476. The van der Waals surface area contributed by atoms with Gasteiger partial charge < -0.3 is 10.6 Å². The first-order chi connectivity index (χ1) is 13.7. The Balaban J connectivity index is 1.49. The largest absolute Gasteiger partial charge is 0.365 e. The van der Waals surface area contributed by atoms with Crippen LogP contribution in [0.2, 0.25) is 0 Å². The molecule has 2 aromatic carbocycles. The third kappa shape index (κ3) is 3.78. The van der Waals surface area contributed by atoms with E-state index in [1.807, 2.05) is 24.3 Å². The Morgan fingerprint density at radius 1 is 1.00 bits per heavy atom. The lowest BCUT2D eigenvalue weighted by molar-refractivity contribution is 0.102. The summed E-state index contributed by atoms with van der Waals surface area (Å²) in [4.78, 5) is 24.4. The fourth-order valence-corrected chi connectivity index (χ4v) is 2.84. The summed E-state index contributed by atoms with van der Waals surface area (Å²) in [5.41, 5.74) is 2.43. The van der Waals surface area contributed by atoms with Crippen molar-refractivity contribution in [3.8, 4) is 0 Å². The lowest BCUT2D eigenvalue weighted by atomic mass is 10.1. The zero-order chi connectivity index (χ0) is 19.3. The molecular formula is C21H16FN5O. The van der Waals surface area contributed by atoms with Gasteiger partial charge in [-0.05, 0) is 42.0 Å². The van der Waals surface area contributed by atoms with Crippen LogP contribution in [0.1, 0.15) is 15.9 Å². The summed E-state index contributed by atoms with van der Waals surface area (Å²) in [5.74, 6) is -0.0377. The summed E-state index contributed by atoms with van der Waals surface area (Å²) in [6.45, 7) is 0.460. The van der Waals surface area contributed by atoms with Crippen LogP contribution in [0.25, 0.3) is 10.9 Å². The molecule has 0 aliphatic heterocycles. The van der Waals surface area contributed by atoms with Gasteiger partial charge in [0.1, 0.15) is 23.5 Å². The van der Waals surface area contributed by atoms with Gasteiger partial charge in [-0.1, -0.05) is 18.2 Å². The van der Waals surface area contributed by atoms with Gasteiger partial charge in [0.05, 0.1) is 0 Å². The summed E-state index contributed by atoms with van der Waals surface area (Å²) in [6, 6.07) is 15.5. The molecule has 0 fully saturated rings. The van der Waals surface area contributed by atoms with Crippen LogP contribution >= 0.6 is 0 Å². The number of para-hydroxylation sites is 1. The Labute approximate surface area is 160 Å². The number of halogens is 1. The highest BCUT2D eigenvalue weighted by Crippen LogP contribution is 2.22. The van der Waals surface area contributed by atoms with Crippen LogP contribution < -0.4 is 10.6 Å². The van der Waals surface area contributed by atoms with E-state index < -0.39 is 0 Å².